The lowest BCUT2D eigenvalue weighted by atomic mass is 10.2. The third-order valence-electron chi connectivity index (χ3n) is 2.89. The minimum atomic E-state index is -0.299. The van der Waals surface area contributed by atoms with E-state index in [0.717, 1.165) is 25.4 Å². The van der Waals surface area contributed by atoms with Crippen molar-refractivity contribution >= 4 is 11.7 Å². The second-order valence-corrected chi connectivity index (χ2v) is 4.17. The topological polar surface area (TPSA) is 38.8 Å². The summed E-state index contributed by atoms with van der Waals surface area (Å²) in [5.41, 5.74) is 1.70. The number of carbonyl (C=O) groups is 1. The van der Waals surface area contributed by atoms with Gasteiger partial charge in [0, 0.05) is 18.8 Å². The molecule has 1 saturated heterocycles. The van der Waals surface area contributed by atoms with Gasteiger partial charge in [-0.1, -0.05) is 0 Å². The highest BCUT2D eigenvalue weighted by atomic mass is 16.5. The van der Waals surface area contributed by atoms with Gasteiger partial charge in [0.2, 0.25) is 0 Å². The molecule has 2 rings (SSSR count). The van der Waals surface area contributed by atoms with Crippen LogP contribution in [-0.4, -0.2) is 38.9 Å². The second-order valence-electron chi connectivity index (χ2n) is 4.17. The Morgan fingerprint density at radius 3 is 2.71 bits per heavy atom. The van der Waals surface area contributed by atoms with E-state index in [1.807, 2.05) is 12.1 Å². The zero-order valence-corrected chi connectivity index (χ0v) is 10.2. The van der Waals surface area contributed by atoms with E-state index in [1.165, 1.54) is 7.11 Å². The summed E-state index contributed by atoms with van der Waals surface area (Å²) < 4.78 is 10.2. The molecular weight excluding hydrogens is 218 g/mol. The van der Waals surface area contributed by atoms with Crippen molar-refractivity contribution in [2.75, 3.05) is 31.7 Å². The first kappa shape index (κ1) is 11.9. The maximum absolute atomic E-state index is 11.3. The molecule has 0 saturated carbocycles. The van der Waals surface area contributed by atoms with Crippen LogP contribution in [0.5, 0.6) is 0 Å². The van der Waals surface area contributed by atoms with Gasteiger partial charge in [0.15, 0.2) is 0 Å². The number of nitrogens with zero attached hydrogens (tertiary/aromatic N) is 1. The summed E-state index contributed by atoms with van der Waals surface area (Å²) >= 11 is 0. The standard InChI is InChI=1S/C13H17NO3/c1-10-9-14(7-8-17-10)12-5-3-11(4-6-12)13(15)16-2/h3-6,10H,7-9H2,1-2H3. The number of esters is 1. The van der Waals surface area contributed by atoms with Crippen LogP contribution in [0.1, 0.15) is 17.3 Å². The first-order chi connectivity index (χ1) is 8.20. The molecule has 4 heteroatoms. The Hall–Kier alpha value is -1.55. The fourth-order valence-electron chi connectivity index (χ4n) is 1.98. The van der Waals surface area contributed by atoms with Gasteiger partial charge in [0.1, 0.15) is 0 Å². The maximum atomic E-state index is 11.3. The molecule has 0 N–H and O–H groups in total. The third kappa shape index (κ3) is 2.77. The van der Waals surface area contributed by atoms with E-state index in [1.54, 1.807) is 12.1 Å². The van der Waals surface area contributed by atoms with Crippen LogP contribution in [0.3, 0.4) is 0 Å². The van der Waals surface area contributed by atoms with Crippen molar-refractivity contribution in [3.05, 3.63) is 29.8 Å². The van der Waals surface area contributed by atoms with Crippen LogP contribution in [0.4, 0.5) is 5.69 Å². The van der Waals surface area contributed by atoms with Crippen molar-refractivity contribution in [3.63, 3.8) is 0 Å². The average Bonchev–Trinajstić information content (AvgIpc) is 2.38. The van der Waals surface area contributed by atoms with Gasteiger partial charge >= 0.3 is 5.97 Å². The SMILES string of the molecule is COC(=O)c1ccc(N2CCOC(C)C2)cc1. The van der Waals surface area contributed by atoms with Gasteiger partial charge < -0.3 is 14.4 Å². The molecule has 0 spiro atoms. The molecule has 1 aliphatic rings. The van der Waals surface area contributed by atoms with Gasteiger partial charge in [-0.2, -0.15) is 0 Å². The molecule has 1 atom stereocenters. The highest BCUT2D eigenvalue weighted by molar-refractivity contribution is 5.89. The number of hydrogen-bond donors (Lipinski definition) is 0. The fourth-order valence-corrected chi connectivity index (χ4v) is 1.98. The summed E-state index contributed by atoms with van der Waals surface area (Å²) in [6.07, 6.45) is 0.254. The number of rotatable bonds is 2. The Morgan fingerprint density at radius 2 is 2.12 bits per heavy atom. The zero-order chi connectivity index (χ0) is 12.3. The van der Waals surface area contributed by atoms with Gasteiger partial charge in [-0.05, 0) is 31.2 Å². The molecule has 0 aliphatic carbocycles. The van der Waals surface area contributed by atoms with E-state index in [2.05, 4.69) is 16.6 Å². The van der Waals surface area contributed by atoms with Gasteiger partial charge in [0.05, 0.1) is 25.4 Å². The number of benzene rings is 1. The van der Waals surface area contributed by atoms with Crippen LogP contribution >= 0.6 is 0 Å². The first-order valence-electron chi connectivity index (χ1n) is 5.75. The maximum Gasteiger partial charge on any atom is 0.337 e. The van der Waals surface area contributed by atoms with Crippen LogP contribution in [0.15, 0.2) is 24.3 Å². The van der Waals surface area contributed by atoms with Crippen molar-refractivity contribution in [1.82, 2.24) is 0 Å². The number of ether oxygens (including phenoxy) is 2. The highest BCUT2D eigenvalue weighted by Gasteiger charge is 2.17. The van der Waals surface area contributed by atoms with Crippen molar-refractivity contribution in [3.8, 4) is 0 Å². The molecule has 1 aromatic rings. The number of anilines is 1. The summed E-state index contributed by atoms with van der Waals surface area (Å²) in [7, 11) is 1.39. The second kappa shape index (κ2) is 5.19. The fraction of sp³-hybridized carbons (Fsp3) is 0.462. The summed E-state index contributed by atoms with van der Waals surface area (Å²) in [6, 6.07) is 7.48. The number of morpholine rings is 1. The number of methoxy groups -OCH3 is 1. The number of hydrogen-bond acceptors (Lipinski definition) is 4. The summed E-state index contributed by atoms with van der Waals surface area (Å²) in [5.74, 6) is -0.299. The molecule has 92 valence electrons. The lowest BCUT2D eigenvalue weighted by molar-refractivity contribution is 0.0531. The minimum absolute atomic E-state index is 0.254. The van der Waals surface area contributed by atoms with Crippen LogP contribution in [0, 0.1) is 0 Å². The van der Waals surface area contributed by atoms with Crippen LogP contribution in [-0.2, 0) is 9.47 Å². The lowest BCUT2D eigenvalue weighted by Crippen LogP contribution is -2.41. The molecule has 0 aromatic heterocycles. The smallest absolute Gasteiger partial charge is 0.337 e. The normalized spacial score (nSPS) is 20.1. The van der Waals surface area contributed by atoms with Gasteiger partial charge in [-0.25, -0.2) is 4.79 Å². The Balaban J connectivity index is 2.09. The minimum Gasteiger partial charge on any atom is -0.465 e. The predicted octanol–water partition coefficient (Wildman–Crippen LogP) is 1.70. The molecule has 0 radical (unpaired) electrons. The number of carbonyl (C=O) groups excluding carboxylic acids is 1. The summed E-state index contributed by atoms with van der Waals surface area (Å²) in [6.45, 7) is 4.59. The van der Waals surface area contributed by atoms with E-state index in [4.69, 9.17) is 4.74 Å². The molecule has 0 bridgehead atoms. The Labute approximate surface area is 101 Å². The van der Waals surface area contributed by atoms with E-state index in [-0.39, 0.29) is 12.1 Å². The molecule has 1 unspecified atom stereocenters. The molecule has 17 heavy (non-hydrogen) atoms. The van der Waals surface area contributed by atoms with Crippen molar-refractivity contribution in [1.29, 1.82) is 0 Å². The average molecular weight is 235 g/mol. The van der Waals surface area contributed by atoms with Crippen LogP contribution in [0.2, 0.25) is 0 Å². The quantitative estimate of drug-likeness (QED) is 0.731. The van der Waals surface area contributed by atoms with Gasteiger partial charge in [-0.15, -0.1) is 0 Å². The van der Waals surface area contributed by atoms with Crippen molar-refractivity contribution < 1.29 is 14.3 Å². The first-order valence-corrected chi connectivity index (χ1v) is 5.75. The van der Waals surface area contributed by atoms with Gasteiger partial charge in [0.25, 0.3) is 0 Å². The van der Waals surface area contributed by atoms with E-state index < -0.39 is 0 Å². The molecule has 4 nitrogen and oxygen atoms in total. The van der Waals surface area contributed by atoms with Crippen LogP contribution in [0.25, 0.3) is 0 Å². The third-order valence-corrected chi connectivity index (χ3v) is 2.89. The molecule has 1 aromatic carbocycles. The molecule has 1 heterocycles. The lowest BCUT2D eigenvalue weighted by Gasteiger charge is -2.32. The predicted molar refractivity (Wildman–Crippen MR) is 65.4 cm³/mol. The van der Waals surface area contributed by atoms with Crippen LogP contribution < -0.4 is 4.90 Å². The summed E-state index contributed by atoms with van der Waals surface area (Å²) in [4.78, 5) is 13.6. The molecule has 0 amide bonds. The largest absolute Gasteiger partial charge is 0.465 e. The van der Waals surface area contributed by atoms with Gasteiger partial charge in [-0.3, -0.25) is 0 Å². The highest BCUT2D eigenvalue weighted by Crippen LogP contribution is 2.18. The van der Waals surface area contributed by atoms with Crippen molar-refractivity contribution in [2.45, 2.75) is 13.0 Å². The Bertz CT molecular complexity index is 388. The van der Waals surface area contributed by atoms with Crippen molar-refractivity contribution in [2.24, 2.45) is 0 Å². The van der Waals surface area contributed by atoms with E-state index in [9.17, 15) is 4.79 Å². The zero-order valence-electron chi connectivity index (χ0n) is 10.2. The summed E-state index contributed by atoms with van der Waals surface area (Å²) in [5, 5.41) is 0. The molecule has 1 aliphatic heterocycles. The Morgan fingerprint density at radius 1 is 1.41 bits per heavy atom. The van der Waals surface area contributed by atoms with E-state index >= 15 is 0 Å². The molecular formula is C13H17NO3. The monoisotopic (exact) mass is 235 g/mol. The Kier molecular flexibility index (Phi) is 3.64. The molecule has 1 fully saturated rings. The van der Waals surface area contributed by atoms with E-state index in [0.29, 0.717) is 5.56 Å².